The average molecular weight is 268 g/mol. The predicted molar refractivity (Wildman–Crippen MR) is 74.8 cm³/mol. The monoisotopic (exact) mass is 268 g/mol. The van der Waals surface area contributed by atoms with Gasteiger partial charge in [-0.1, -0.05) is 0 Å². The minimum absolute atomic E-state index is 0.0387. The van der Waals surface area contributed by atoms with Crippen molar-refractivity contribution in [3.63, 3.8) is 0 Å². The van der Waals surface area contributed by atoms with Crippen LogP contribution in [0.4, 0.5) is 17.3 Å². The van der Waals surface area contributed by atoms with Crippen LogP contribution < -0.4 is 10.2 Å². The highest BCUT2D eigenvalue weighted by Gasteiger charge is 2.14. The Morgan fingerprint density at radius 2 is 2.21 bits per heavy atom. The van der Waals surface area contributed by atoms with E-state index in [1.54, 1.807) is 7.11 Å². The second-order valence-corrected chi connectivity index (χ2v) is 3.93. The number of aromatic nitrogens is 1. The fraction of sp³-hybridized carbons (Fsp3) is 0.583. The molecule has 0 aliphatic rings. The number of hydrogen-bond donors (Lipinski definition) is 1. The van der Waals surface area contributed by atoms with Crippen LogP contribution >= 0.6 is 0 Å². The highest BCUT2D eigenvalue weighted by atomic mass is 16.6. The molecule has 0 saturated carbocycles. The van der Waals surface area contributed by atoms with Crippen LogP contribution in [0.3, 0.4) is 0 Å². The Morgan fingerprint density at radius 1 is 1.47 bits per heavy atom. The van der Waals surface area contributed by atoms with Gasteiger partial charge in [-0.25, -0.2) is 4.98 Å². The van der Waals surface area contributed by atoms with Crippen LogP contribution in [-0.4, -0.2) is 43.3 Å². The number of rotatable bonds is 8. The lowest BCUT2D eigenvalue weighted by Gasteiger charge is -2.21. The zero-order valence-corrected chi connectivity index (χ0v) is 11.5. The van der Waals surface area contributed by atoms with E-state index < -0.39 is 4.92 Å². The zero-order valence-electron chi connectivity index (χ0n) is 11.5. The largest absolute Gasteiger partial charge is 0.383 e. The second kappa shape index (κ2) is 7.52. The number of methoxy groups -OCH3 is 1. The van der Waals surface area contributed by atoms with Gasteiger partial charge in [0.25, 0.3) is 5.69 Å². The van der Waals surface area contributed by atoms with E-state index in [-0.39, 0.29) is 5.69 Å². The molecular formula is C12H20N4O3. The maximum atomic E-state index is 10.9. The van der Waals surface area contributed by atoms with Gasteiger partial charge in [0.15, 0.2) is 0 Å². The van der Waals surface area contributed by atoms with E-state index in [2.05, 4.69) is 10.3 Å². The molecule has 7 heteroatoms. The van der Waals surface area contributed by atoms with Crippen LogP contribution in [-0.2, 0) is 4.74 Å². The molecule has 1 heterocycles. The van der Waals surface area contributed by atoms with Crippen molar-refractivity contribution >= 4 is 17.3 Å². The molecule has 0 spiro atoms. The van der Waals surface area contributed by atoms with Gasteiger partial charge in [-0.05, 0) is 13.8 Å². The third-order valence-corrected chi connectivity index (χ3v) is 2.64. The number of anilines is 2. The zero-order chi connectivity index (χ0) is 14.3. The molecule has 0 atom stereocenters. The Hall–Kier alpha value is -1.89. The van der Waals surface area contributed by atoms with Crippen LogP contribution in [0.1, 0.15) is 13.8 Å². The Morgan fingerprint density at radius 3 is 2.74 bits per heavy atom. The Balaban J connectivity index is 3.05. The third-order valence-electron chi connectivity index (χ3n) is 2.64. The highest BCUT2D eigenvalue weighted by molar-refractivity contribution is 5.55. The predicted octanol–water partition coefficient (Wildman–Crippen LogP) is 1.89. The molecule has 0 unspecified atom stereocenters. The fourth-order valence-corrected chi connectivity index (χ4v) is 1.68. The fourth-order valence-electron chi connectivity index (χ4n) is 1.68. The molecule has 0 aliphatic carbocycles. The molecule has 1 N–H and O–H groups in total. The SMILES string of the molecule is CCNc1cc([N+](=O)[O-])cc(N(CC)CCOC)n1. The lowest BCUT2D eigenvalue weighted by molar-refractivity contribution is -0.384. The standard InChI is InChI=1S/C12H20N4O3/c1-4-13-11-8-10(16(17)18)9-12(14-11)15(5-2)6-7-19-3/h8-9H,4-7H2,1-3H3,(H,13,14). The van der Waals surface area contributed by atoms with Crippen LogP contribution in [0.2, 0.25) is 0 Å². The van der Waals surface area contributed by atoms with E-state index in [1.807, 2.05) is 18.7 Å². The molecular weight excluding hydrogens is 248 g/mol. The van der Waals surface area contributed by atoms with Gasteiger partial charge < -0.3 is 15.0 Å². The van der Waals surface area contributed by atoms with Crippen molar-refractivity contribution in [3.05, 3.63) is 22.2 Å². The van der Waals surface area contributed by atoms with Crippen LogP contribution in [0.15, 0.2) is 12.1 Å². The molecule has 19 heavy (non-hydrogen) atoms. The molecule has 0 amide bonds. The van der Waals surface area contributed by atoms with E-state index in [0.717, 1.165) is 0 Å². The molecule has 0 bridgehead atoms. The summed E-state index contributed by atoms with van der Waals surface area (Å²) in [6.07, 6.45) is 0. The molecule has 0 aliphatic heterocycles. The van der Waals surface area contributed by atoms with Crippen LogP contribution in [0.5, 0.6) is 0 Å². The van der Waals surface area contributed by atoms with Gasteiger partial charge in [0, 0.05) is 26.7 Å². The summed E-state index contributed by atoms with van der Waals surface area (Å²) in [5, 5.41) is 13.9. The van der Waals surface area contributed by atoms with Crippen LogP contribution in [0, 0.1) is 10.1 Å². The van der Waals surface area contributed by atoms with Crippen molar-refractivity contribution in [2.75, 3.05) is 43.6 Å². The Bertz CT molecular complexity index is 425. The minimum atomic E-state index is -0.407. The maximum absolute atomic E-state index is 10.9. The molecule has 0 fully saturated rings. The van der Waals surface area contributed by atoms with E-state index in [4.69, 9.17) is 4.74 Å². The van der Waals surface area contributed by atoms with Crippen molar-refractivity contribution in [3.8, 4) is 0 Å². The lowest BCUT2D eigenvalue weighted by atomic mass is 10.3. The van der Waals surface area contributed by atoms with Crippen molar-refractivity contribution < 1.29 is 9.66 Å². The van der Waals surface area contributed by atoms with Gasteiger partial charge in [0.2, 0.25) is 0 Å². The van der Waals surface area contributed by atoms with E-state index in [9.17, 15) is 10.1 Å². The first-order valence-corrected chi connectivity index (χ1v) is 6.26. The van der Waals surface area contributed by atoms with Crippen molar-refractivity contribution in [2.45, 2.75) is 13.8 Å². The molecule has 1 aromatic rings. The summed E-state index contributed by atoms with van der Waals surface area (Å²) in [7, 11) is 1.62. The number of hydrogen-bond acceptors (Lipinski definition) is 6. The first kappa shape index (κ1) is 15.2. The molecule has 7 nitrogen and oxygen atoms in total. The second-order valence-electron chi connectivity index (χ2n) is 3.93. The first-order chi connectivity index (χ1) is 9.12. The van der Waals surface area contributed by atoms with E-state index in [0.29, 0.717) is 37.9 Å². The third kappa shape index (κ3) is 4.36. The molecule has 0 saturated heterocycles. The van der Waals surface area contributed by atoms with Crippen molar-refractivity contribution in [2.24, 2.45) is 0 Å². The number of pyridine rings is 1. The van der Waals surface area contributed by atoms with Gasteiger partial charge in [-0.3, -0.25) is 10.1 Å². The summed E-state index contributed by atoms with van der Waals surface area (Å²) in [5.41, 5.74) is 0.0387. The molecule has 1 aromatic heterocycles. The summed E-state index contributed by atoms with van der Waals surface area (Å²) >= 11 is 0. The summed E-state index contributed by atoms with van der Waals surface area (Å²) in [6, 6.07) is 2.93. The van der Waals surface area contributed by atoms with Gasteiger partial charge >= 0.3 is 0 Å². The topological polar surface area (TPSA) is 80.5 Å². The van der Waals surface area contributed by atoms with Gasteiger partial charge in [0.1, 0.15) is 11.6 Å². The maximum Gasteiger partial charge on any atom is 0.276 e. The Labute approximate surface area is 112 Å². The minimum Gasteiger partial charge on any atom is -0.383 e. The van der Waals surface area contributed by atoms with Gasteiger partial charge in [-0.15, -0.1) is 0 Å². The summed E-state index contributed by atoms with van der Waals surface area (Å²) in [4.78, 5) is 16.9. The first-order valence-electron chi connectivity index (χ1n) is 6.26. The number of ether oxygens (including phenoxy) is 1. The lowest BCUT2D eigenvalue weighted by Crippen LogP contribution is -2.28. The highest BCUT2D eigenvalue weighted by Crippen LogP contribution is 2.23. The van der Waals surface area contributed by atoms with Crippen molar-refractivity contribution in [1.82, 2.24) is 4.98 Å². The number of nitro groups is 1. The van der Waals surface area contributed by atoms with E-state index in [1.165, 1.54) is 12.1 Å². The number of nitrogens with zero attached hydrogens (tertiary/aromatic N) is 3. The Kier molecular flexibility index (Phi) is 6.01. The quantitative estimate of drug-likeness (QED) is 0.573. The normalized spacial score (nSPS) is 10.3. The van der Waals surface area contributed by atoms with E-state index >= 15 is 0 Å². The summed E-state index contributed by atoms with van der Waals surface area (Å²) in [6.45, 7) is 6.47. The summed E-state index contributed by atoms with van der Waals surface area (Å²) < 4.78 is 5.03. The number of likely N-dealkylation sites (N-methyl/N-ethyl adjacent to an activating group) is 1. The molecule has 0 radical (unpaired) electrons. The van der Waals surface area contributed by atoms with Crippen molar-refractivity contribution in [1.29, 1.82) is 0 Å². The number of nitrogens with one attached hydrogen (secondary N) is 1. The average Bonchev–Trinajstić information content (AvgIpc) is 2.39. The summed E-state index contributed by atoms with van der Waals surface area (Å²) in [5.74, 6) is 1.10. The molecule has 0 aromatic carbocycles. The van der Waals surface area contributed by atoms with Gasteiger partial charge in [0.05, 0.1) is 23.7 Å². The molecule has 106 valence electrons. The van der Waals surface area contributed by atoms with Crippen LogP contribution in [0.25, 0.3) is 0 Å². The van der Waals surface area contributed by atoms with Gasteiger partial charge in [-0.2, -0.15) is 0 Å². The molecule has 1 rings (SSSR count). The smallest absolute Gasteiger partial charge is 0.276 e.